The van der Waals surface area contributed by atoms with Gasteiger partial charge >= 0.3 is 12.0 Å². The van der Waals surface area contributed by atoms with E-state index in [1.54, 1.807) is 32.1 Å². The molecule has 0 spiro atoms. The van der Waals surface area contributed by atoms with Crippen LogP contribution < -0.4 is 10.6 Å². The molecular weight excluding hydrogens is 276 g/mol. The van der Waals surface area contributed by atoms with E-state index >= 15 is 0 Å². The zero-order valence-corrected chi connectivity index (χ0v) is 13.1. The fraction of sp³-hybridized carbons (Fsp3) is 0.571. The fourth-order valence-corrected chi connectivity index (χ4v) is 2.70. The van der Waals surface area contributed by atoms with Crippen molar-refractivity contribution >= 4 is 23.3 Å². The van der Waals surface area contributed by atoms with Gasteiger partial charge in [0.15, 0.2) is 0 Å². The molecule has 6 heteroatoms. The Kier molecular flexibility index (Phi) is 5.56. The second-order valence-electron chi connectivity index (χ2n) is 5.73. The maximum Gasteiger partial charge on any atom is 0.326 e. The first-order chi connectivity index (χ1) is 9.25. The molecule has 1 heterocycles. The third kappa shape index (κ3) is 4.52. The van der Waals surface area contributed by atoms with Gasteiger partial charge in [-0.3, -0.25) is 0 Å². The normalized spacial score (nSPS) is 14.4. The molecule has 0 aromatic carbocycles. The van der Waals surface area contributed by atoms with Crippen LogP contribution in [-0.2, 0) is 4.79 Å². The van der Waals surface area contributed by atoms with Gasteiger partial charge in [0, 0.05) is 4.88 Å². The third-order valence-corrected chi connectivity index (χ3v) is 3.97. The molecule has 1 unspecified atom stereocenters. The molecule has 0 aliphatic carbocycles. The SMILES string of the molecule is CCC(NC(=O)N[C@H](C(=O)O)C(C)(C)C)c1cccs1. The van der Waals surface area contributed by atoms with Crippen LogP contribution in [0, 0.1) is 5.41 Å². The number of rotatable bonds is 5. The fourth-order valence-electron chi connectivity index (χ4n) is 1.84. The van der Waals surface area contributed by atoms with Crippen LogP contribution in [0.5, 0.6) is 0 Å². The maximum absolute atomic E-state index is 12.0. The Hall–Kier alpha value is -1.56. The van der Waals surface area contributed by atoms with Crippen molar-refractivity contribution in [2.45, 2.75) is 46.2 Å². The number of aliphatic carboxylic acids is 1. The highest BCUT2D eigenvalue weighted by Crippen LogP contribution is 2.22. The van der Waals surface area contributed by atoms with E-state index in [0.29, 0.717) is 0 Å². The van der Waals surface area contributed by atoms with Crippen molar-refractivity contribution in [3.8, 4) is 0 Å². The Labute approximate surface area is 123 Å². The van der Waals surface area contributed by atoms with Gasteiger partial charge in [0.05, 0.1) is 6.04 Å². The van der Waals surface area contributed by atoms with Crippen LogP contribution in [0.4, 0.5) is 4.79 Å². The number of hydrogen-bond acceptors (Lipinski definition) is 3. The van der Waals surface area contributed by atoms with Crippen LogP contribution in [0.3, 0.4) is 0 Å². The molecule has 0 aliphatic rings. The zero-order valence-electron chi connectivity index (χ0n) is 12.3. The highest BCUT2D eigenvalue weighted by molar-refractivity contribution is 7.10. The third-order valence-electron chi connectivity index (χ3n) is 2.99. The van der Waals surface area contributed by atoms with Crippen LogP contribution >= 0.6 is 11.3 Å². The van der Waals surface area contributed by atoms with Crippen LogP contribution in [-0.4, -0.2) is 23.1 Å². The molecule has 1 aromatic rings. The second-order valence-corrected chi connectivity index (χ2v) is 6.71. The van der Waals surface area contributed by atoms with E-state index in [4.69, 9.17) is 0 Å². The summed E-state index contributed by atoms with van der Waals surface area (Å²) < 4.78 is 0. The van der Waals surface area contributed by atoms with Crippen molar-refractivity contribution in [1.29, 1.82) is 0 Å². The Morgan fingerprint density at radius 2 is 2.00 bits per heavy atom. The Balaban J connectivity index is 2.68. The molecule has 0 bridgehead atoms. The minimum Gasteiger partial charge on any atom is -0.480 e. The quantitative estimate of drug-likeness (QED) is 0.782. The molecule has 0 aliphatic heterocycles. The van der Waals surface area contributed by atoms with Crippen molar-refractivity contribution in [3.05, 3.63) is 22.4 Å². The van der Waals surface area contributed by atoms with Crippen molar-refractivity contribution in [2.75, 3.05) is 0 Å². The lowest BCUT2D eigenvalue weighted by molar-refractivity contribution is -0.141. The number of amides is 2. The van der Waals surface area contributed by atoms with Gasteiger partial charge in [-0.25, -0.2) is 9.59 Å². The molecule has 0 saturated carbocycles. The smallest absolute Gasteiger partial charge is 0.326 e. The summed E-state index contributed by atoms with van der Waals surface area (Å²) in [5.74, 6) is -1.03. The first-order valence-electron chi connectivity index (χ1n) is 6.59. The Morgan fingerprint density at radius 1 is 1.35 bits per heavy atom. The van der Waals surface area contributed by atoms with Crippen molar-refractivity contribution in [2.24, 2.45) is 5.41 Å². The minimum atomic E-state index is -1.03. The van der Waals surface area contributed by atoms with Gasteiger partial charge in [-0.05, 0) is 23.3 Å². The number of nitrogens with one attached hydrogen (secondary N) is 2. The summed E-state index contributed by atoms with van der Waals surface area (Å²) in [7, 11) is 0. The summed E-state index contributed by atoms with van der Waals surface area (Å²) in [6, 6.07) is 2.41. The van der Waals surface area contributed by atoms with Gasteiger partial charge in [0.25, 0.3) is 0 Å². The summed E-state index contributed by atoms with van der Waals surface area (Å²) in [4.78, 5) is 24.3. The summed E-state index contributed by atoms with van der Waals surface area (Å²) in [5.41, 5.74) is -0.548. The zero-order chi connectivity index (χ0) is 15.3. The van der Waals surface area contributed by atoms with Crippen LogP contribution in [0.25, 0.3) is 0 Å². The van der Waals surface area contributed by atoms with Gasteiger partial charge in [-0.1, -0.05) is 33.8 Å². The van der Waals surface area contributed by atoms with Crippen molar-refractivity contribution in [3.63, 3.8) is 0 Å². The van der Waals surface area contributed by atoms with Gasteiger partial charge < -0.3 is 15.7 Å². The number of thiophene rings is 1. The molecule has 5 nitrogen and oxygen atoms in total. The number of carboxylic acids is 1. The van der Waals surface area contributed by atoms with Gasteiger partial charge in [0.2, 0.25) is 0 Å². The highest BCUT2D eigenvalue weighted by Gasteiger charge is 2.33. The van der Waals surface area contributed by atoms with E-state index in [0.717, 1.165) is 11.3 Å². The lowest BCUT2D eigenvalue weighted by Gasteiger charge is -2.28. The predicted molar refractivity (Wildman–Crippen MR) is 79.9 cm³/mol. The standard InChI is InChI=1S/C14H22N2O3S/c1-5-9(10-7-6-8-20-10)15-13(19)16-11(12(17)18)14(2,3)4/h6-9,11H,5H2,1-4H3,(H,17,18)(H2,15,16,19)/t9?,11-/m1/s1. The predicted octanol–water partition coefficient (Wildman–Crippen LogP) is 3.00. The Morgan fingerprint density at radius 3 is 2.40 bits per heavy atom. The number of urea groups is 1. The van der Waals surface area contributed by atoms with Crippen LogP contribution in [0.15, 0.2) is 17.5 Å². The molecule has 0 radical (unpaired) electrons. The molecule has 2 atom stereocenters. The van der Waals surface area contributed by atoms with Gasteiger partial charge in [-0.2, -0.15) is 0 Å². The molecule has 112 valence electrons. The van der Waals surface area contributed by atoms with E-state index in [2.05, 4.69) is 10.6 Å². The summed E-state index contributed by atoms with van der Waals surface area (Å²) in [6.45, 7) is 7.32. The maximum atomic E-state index is 12.0. The topological polar surface area (TPSA) is 78.4 Å². The minimum absolute atomic E-state index is 0.0931. The molecule has 0 fully saturated rings. The van der Waals surface area contributed by atoms with Crippen LogP contribution in [0.2, 0.25) is 0 Å². The average Bonchev–Trinajstić information content (AvgIpc) is 2.84. The molecule has 0 saturated heterocycles. The molecule has 2 amide bonds. The lowest BCUT2D eigenvalue weighted by atomic mass is 9.87. The lowest BCUT2D eigenvalue weighted by Crippen LogP contribution is -2.52. The molecule has 20 heavy (non-hydrogen) atoms. The Bertz CT molecular complexity index is 451. The number of carboxylic acid groups (broad SMARTS) is 1. The highest BCUT2D eigenvalue weighted by atomic mass is 32.1. The van der Waals surface area contributed by atoms with Gasteiger partial charge in [-0.15, -0.1) is 11.3 Å². The first kappa shape index (κ1) is 16.5. The summed E-state index contributed by atoms with van der Waals surface area (Å²) in [5, 5.41) is 16.5. The molecule has 1 aromatic heterocycles. The van der Waals surface area contributed by atoms with Crippen molar-refractivity contribution in [1.82, 2.24) is 10.6 Å². The number of carbonyl (C=O) groups is 2. The van der Waals surface area contributed by atoms with E-state index < -0.39 is 23.5 Å². The number of carbonyl (C=O) groups excluding carboxylic acids is 1. The molecular formula is C14H22N2O3S. The molecule has 1 rings (SSSR count). The largest absolute Gasteiger partial charge is 0.480 e. The first-order valence-corrected chi connectivity index (χ1v) is 7.47. The van der Waals surface area contributed by atoms with Crippen molar-refractivity contribution < 1.29 is 14.7 Å². The number of hydrogen-bond donors (Lipinski definition) is 3. The second kappa shape index (κ2) is 6.74. The van der Waals surface area contributed by atoms with Gasteiger partial charge in [0.1, 0.15) is 6.04 Å². The monoisotopic (exact) mass is 298 g/mol. The summed E-state index contributed by atoms with van der Waals surface area (Å²) in [6.07, 6.45) is 0.751. The van der Waals surface area contributed by atoms with Crippen LogP contribution in [0.1, 0.15) is 45.0 Å². The molecule has 3 N–H and O–H groups in total. The summed E-state index contributed by atoms with van der Waals surface area (Å²) >= 11 is 1.57. The van der Waals surface area contributed by atoms with E-state index in [-0.39, 0.29) is 6.04 Å². The van der Waals surface area contributed by atoms with E-state index in [9.17, 15) is 14.7 Å². The van der Waals surface area contributed by atoms with E-state index in [1.165, 1.54) is 0 Å². The average molecular weight is 298 g/mol. The van der Waals surface area contributed by atoms with E-state index in [1.807, 2.05) is 24.4 Å².